The Bertz CT molecular complexity index is 358. The van der Waals surface area contributed by atoms with E-state index in [-0.39, 0.29) is 11.9 Å². The highest BCUT2D eigenvalue weighted by Gasteiger charge is 2.06. The first-order valence-corrected chi connectivity index (χ1v) is 7.01. The van der Waals surface area contributed by atoms with Gasteiger partial charge in [0.15, 0.2) is 4.67 Å². The molecule has 1 heterocycles. The molecule has 2 N–H and O–H groups in total. The fourth-order valence-corrected chi connectivity index (χ4v) is 1.94. The molecule has 0 aliphatic heterocycles. The maximum Gasteiger partial charge on any atom is 0.221 e. The van der Waals surface area contributed by atoms with Gasteiger partial charge in [-0.1, -0.05) is 0 Å². The maximum atomic E-state index is 11.3. The summed E-state index contributed by atoms with van der Waals surface area (Å²) in [7, 11) is 0. The van der Waals surface area contributed by atoms with E-state index in [9.17, 15) is 4.79 Å². The Morgan fingerprint density at radius 2 is 2.18 bits per heavy atom. The molecule has 0 fully saturated rings. The van der Waals surface area contributed by atoms with Crippen LogP contribution in [-0.2, 0) is 11.3 Å². The number of carbonyl (C=O) groups excluding carboxylic acids is 1. The van der Waals surface area contributed by atoms with Crippen molar-refractivity contribution in [3.05, 3.63) is 21.0 Å². The number of nitrogens with one attached hydrogen (secondary N) is 2. The summed E-state index contributed by atoms with van der Waals surface area (Å²) in [6.45, 7) is 5.14. The maximum absolute atomic E-state index is 11.3. The van der Waals surface area contributed by atoms with Crippen LogP contribution in [0.1, 0.15) is 26.0 Å². The molecule has 0 spiro atoms. The standard InChI is InChI=1S/C11H16Br2N2O2/c1-7(2)15-10(16)3-4-14-6-8-5-9(12)11(13)17-8/h5,7,14H,3-4,6H2,1-2H3,(H,15,16). The van der Waals surface area contributed by atoms with E-state index in [0.717, 1.165) is 10.2 Å². The number of halogens is 2. The van der Waals surface area contributed by atoms with Gasteiger partial charge in [0.05, 0.1) is 11.0 Å². The summed E-state index contributed by atoms with van der Waals surface area (Å²) >= 11 is 6.61. The smallest absolute Gasteiger partial charge is 0.221 e. The van der Waals surface area contributed by atoms with Crippen molar-refractivity contribution in [1.82, 2.24) is 10.6 Å². The van der Waals surface area contributed by atoms with E-state index in [0.29, 0.717) is 24.2 Å². The van der Waals surface area contributed by atoms with E-state index >= 15 is 0 Å². The third kappa shape index (κ3) is 5.70. The van der Waals surface area contributed by atoms with Crippen molar-refractivity contribution in [2.75, 3.05) is 6.54 Å². The van der Waals surface area contributed by atoms with Crippen LogP contribution in [0.2, 0.25) is 0 Å². The zero-order chi connectivity index (χ0) is 12.8. The molecule has 0 aliphatic rings. The van der Waals surface area contributed by atoms with E-state index in [4.69, 9.17) is 4.42 Å². The minimum Gasteiger partial charge on any atom is -0.452 e. The van der Waals surface area contributed by atoms with Crippen LogP contribution in [0.15, 0.2) is 19.6 Å². The first-order valence-electron chi connectivity index (χ1n) is 5.43. The minimum absolute atomic E-state index is 0.0642. The van der Waals surface area contributed by atoms with Gasteiger partial charge in [-0.2, -0.15) is 0 Å². The van der Waals surface area contributed by atoms with Crippen molar-refractivity contribution < 1.29 is 9.21 Å². The summed E-state index contributed by atoms with van der Waals surface area (Å²) < 4.78 is 6.97. The van der Waals surface area contributed by atoms with Crippen LogP contribution in [-0.4, -0.2) is 18.5 Å². The van der Waals surface area contributed by atoms with Crippen LogP contribution in [0.5, 0.6) is 0 Å². The van der Waals surface area contributed by atoms with Crippen LogP contribution in [0.4, 0.5) is 0 Å². The summed E-state index contributed by atoms with van der Waals surface area (Å²) in [4.78, 5) is 11.3. The SMILES string of the molecule is CC(C)NC(=O)CCNCc1cc(Br)c(Br)o1. The number of furan rings is 1. The second-order valence-electron chi connectivity index (χ2n) is 3.98. The predicted octanol–water partition coefficient (Wildman–Crippen LogP) is 2.81. The van der Waals surface area contributed by atoms with Crippen LogP contribution in [0, 0.1) is 0 Å². The topological polar surface area (TPSA) is 54.3 Å². The highest BCUT2D eigenvalue weighted by Crippen LogP contribution is 2.26. The normalized spacial score (nSPS) is 10.9. The van der Waals surface area contributed by atoms with Gasteiger partial charge in [0.1, 0.15) is 5.76 Å². The summed E-state index contributed by atoms with van der Waals surface area (Å²) in [6, 6.07) is 2.09. The molecule has 1 aromatic rings. The zero-order valence-electron chi connectivity index (χ0n) is 9.85. The Balaban J connectivity index is 2.18. The van der Waals surface area contributed by atoms with Crippen molar-refractivity contribution >= 4 is 37.8 Å². The third-order valence-corrected chi connectivity index (χ3v) is 3.68. The number of hydrogen-bond donors (Lipinski definition) is 2. The molecular formula is C11H16Br2N2O2. The Labute approximate surface area is 118 Å². The molecule has 0 aromatic carbocycles. The molecule has 1 rings (SSSR count). The van der Waals surface area contributed by atoms with Gasteiger partial charge in [0.2, 0.25) is 5.91 Å². The van der Waals surface area contributed by atoms with Gasteiger partial charge in [-0.3, -0.25) is 4.79 Å². The number of carbonyl (C=O) groups is 1. The summed E-state index contributed by atoms with van der Waals surface area (Å²) in [5, 5.41) is 5.99. The van der Waals surface area contributed by atoms with Crippen molar-refractivity contribution in [3.8, 4) is 0 Å². The molecule has 6 heteroatoms. The molecule has 17 heavy (non-hydrogen) atoms. The van der Waals surface area contributed by atoms with Crippen LogP contribution < -0.4 is 10.6 Å². The largest absolute Gasteiger partial charge is 0.452 e. The molecule has 0 unspecified atom stereocenters. The number of rotatable bonds is 6. The Morgan fingerprint density at radius 1 is 1.47 bits per heavy atom. The number of hydrogen-bond acceptors (Lipinski definition) is 3. The molecule has 0 saturated carbocycles. The van der Waals surface area contributed by atoms with Crippen molar-refractivity contribution in [3.63, 3.8) is 0 Å². The number of amides is 1. The van der Waals surface area contributed by atoms with E-state index < -0.39 is 0 Å². The summed E-state index contributed by atoms with van der Waals surface area (Å²) in [6.07, 6.45) is 0.473. The van der Waals surface area contributed by atoms with Gasteiger partial charge in [-0.15, -0.1) is 0 Å². The van der Waals surface area contributed by atoms with E-state index in [1.165, 1.54) is 0 Å². The van der Waals surface area contributed by atoms with Gasteiger partial charge in [0, 0.05) is 19.0 Å². The van der Waals surface area contributed by atoms with Gasteiger partial charge in [-0.25, -0.2) is 0 Å². The second kappa shape index (κ2) is 7.18. The van der Waals surface area contributed by atoms with E-state index in [1.54, 1.807) is 0 Å². The first-order chi connectivity index (χ1) is 7.99. The van der Waals surface area contributed by atoms with Crippen molar-refractivity contribution in [2.45, 2.75) is 32.9 Å². The highest BCUT2D eigenvalue weighted by molar-refractivity contribution is 9.13. The quantitative estimate of drug-likeness (QED) is 0.760. The lowest BCUT2D eigenvalue weighted by atomic mass is 10.3. The van der Waals surface area contributed by atoms with Gasteiger partial charge in [-0.05, 0) is 51.8 Å². The molecular weight excluding hydrogens is 352 g/mol. The average Bonchev–Trinajstić information content (AvgIpc) is 2.52. The monoisotopic (exact) mass is 366 g/mol. The van der Waals surface area contributed by atoms with Crippen molar-refractivity contribution in [1.29, 1.82) is 0 Å². The first kappa shape index (κ1) is 14.7. The van der Waals surface area contributed by atoms with Crippen LogP contribution in [0.25, 0.3) is 0 Å². The summed E-state index contributed by atoms with van der Waals surface area (Å²) in [5.74, 6) is 0.891. The van der Waals surface area contributed by atoms with Crippen LogP contribution >= 0.6 is 31.9 Å². The fraction of sp³-hybridized carbons (Fsp3) is 0.545. The average molecular weight is 368 g/mol. The molecule has 0 radical (unpaired) electrons. The lowest BCUT2D eigenvalue weighted by molar-refractivity contribution is -0.121. The lowest BCUT2D eigenvalue weighted by Gasteiger charge is -2.08. The predicted molar refractivity (Wildman–Crippen MR) is 73.7 cm³/mol. The molecule has 1 aromatic heterocycles. The molecule has 0 atom stereocenters. The van der Waals surface area contributed by atoms with Gasteiger partial charge in [0.25, 0.3) is 0 Å². The zero-order valence-corrected chi connectivity index (χ0v) is 13.0. The van der Waals surface area contributed by atoms with E-state index in [2.05, 4.69) is 42.5 Å². The minimum atomic E-state index is 0.0642. The molecule has 96 valence electrons. The van der Waals surface area contributed by atoms with Gasteiger partial charge < -0.3 is 15.1 Å². The summed E-state index contributed by atoms with van der Waals surface area (Å²) in [5.41, 5.74) is 0. The highest BCUT2D eigenvalue weighted by atomic mass is 79.9. The Kier molecular flexibility index (Phi) is 6.22. The fourth-order valence-electron chi connectivity index (χ4n) is 1.29. The Hall–Kier alpha value is -0.330. The molecule has 0 saturated heterocycles. The molecule has 0 bridgehead atoms. The lowest BCUT2D eigenvalue weighted by Crippen LogP contribution is -2.32. The van der Waals surface area contributed by atoms with Gasteiger partial charge >= 0.3 is 0 Å². The Morgan fingerprint density at radius 3 is 2.71 bits per heavy atom. The van der Waals surface area contributed by atoms with E-state index in [1.807, 2.05) is 19.9 Å². The molecule has 1 amide bonds. The van der Waals surface area contributed by atoms with Crippen LogP contribution in [0.3, 0.4) is 0 Å². The second-order valence-corrected chi connectivity index (χ2v) is 5.56. The molecule has 4 nitrogen and oxygen atoms in total. The third-order valence-electron chi connectivity index (χ3n) is 1.97. The molecule has 0 aliphatic carbocycles. The van der Waals surface area contributed by atoms with Crippen molar-refractivity contribution in [2.24, 2.45) is 0 Å².